The Labute approximate surface area is 122 Å². The molecule has 0 saturated carbocycles. The van der Waals surface area contributed by atoms with E-state index in [1.807, 2.05) is 13.8 Å². The quantitative estimate of drug-likeness (QED) is 0.908. The van der Waals surface area contributed by atoms with Gasteiger partial charge in [-0.25, -0.2) is 0 Å². The van der Waals surface area contributed by atoms with Crippen molar-refractivity contribution in [3.05, 3.63) is 35.4 Å². The second-order valence-corrected chi connectivity index (χ2v) is 5.77. The van der Waals surface area contributed by atoms with Crippen molar-refractivity contribution >= 4 is 5.91 Å². The van der Waals surface area contributed by atoms with Gasteiger partial charge in [0.05, 0.1) is 5.56 Å². The second kappa shape index (κ2) is 6.47. The first kappa shape index (κ1) is 17.5. The molecule has 0 radical (unpaired) electrons. The van der Waals surface area contributed by atoms with E-state index in [2.05, 4.69) is 0 Å². The number of nitrogens with zero attached hydrogens (tertiary/aromatic N) is 1. The molecule has 0 spiro atoms. The van der Waals surface area contributed by atoms with Crippen LogP contribution in [0.4, 0.5) is 13.2 Å². The van der Waals surface area contributed by atoms with E-state index in [4.69, 9.17) is 5.73 Å². The van der Waals surface area contributed by atoms with Gasteiger partial charge in [0, 0.05) is 18.7 Å². The molecule has 0 aliphatic carbocycles. The number of benzene rings is 1. The summed E-state index contributed by atoms with van der Waals surface area (Å²) in [5.74, 6) is -0.412. The maximum absolute atomic E-state index is 12.7. The fourth-order valence-electron chi connectivity index (χ4n) is 1.92. The van der Waals surface area contributed by atoms with E-state index in [1.54, 1.807) is 6.92 Å². The van der Waals surface area contributed by atoms with Crippen molar-refractivity contribution < 1.29 is 18.0 Å². The summed E-state index contributed by atoms with van der Waals surface area (Å²) in [7, 11) is 0. The number of amides is 1. The zero-order valence-electron chi connectivity index (χ0n) is 12.5. The number of carbonyl (C=O) groups is 1. The van der Waals surface area contributed by atoms with Gasteiger partial charge < -0.3 is 10.6 Å². The van der Waals surface area contributed by atoms with Gasteiger partial charge in [0.25, 0.3) is 5.91 Å². The van der Waals surface area contributed by atoms with Crippen LogP contribution in [0.1, 0.15) is 36.7 Å². The Bertz CT molecular complexity index is 498. The highest BCUT2D eigenvalue weighted by atomic mass is 19.4. The Morgan fingerprint density at radius 1 is 1.29 bits per heavy atom. The molecule has 2 N–H and O–H groups in total. The van der Waals surface area contributed by atoms with Crippen LogP contribution in [-0.4, -0.2) is 30.4 Å². The summed E-state index contributed by atoms with van der Waals surface area (Å²) < 4.78 is 38.1. The van der Waals surface area contributed by atoms with E-state index < -0.39 is 17.6 Å². The summed E-state index contributed by atoms with van der Waals surface area (Å²) in [5, 5.41) is 0. The number of hydrogen-bond acceptors (Lipinski definition) is 2. The molecule has 0 atom stereocenters. The van der Waals surface area contributed by atoms with Crippen LogP contribution in [0.25, 0.3) is 0 Å². The maximum Gasteiger partial charge on any atom is 0.416 e. The molecular formula is C15H21F3N2O. The molecule has 21 heavy (non-hydrogen) atoms. The number of rotatable bonds is 5. The van der Waals surface area contributed by atoms with Crippen molar-refractivity contribution in [2.24, 2.45) is 11.1 Å². The summed E-state index contributed by atoms with van der Waals surface area (Å²) in [6.07, 6.45) is -4.45. The van der Waals surface area contributed by atoms with Crippen LogP contribution in [0, 0.1) is 5.41 Å². The molecule has 118 valence electrons. The van der Waals surface area contributed by atoms with Gasteiger partial charge in [0.2, 0.25) is 0 Å². The van der Waals surface area contributed by atoms with Crippen LogP contribution in [0.3, 0.4) is 0 Å². The van der Waals surface area contributed by atoms with Crippen molar-refractivity contribution in [3.8, 4) is 0 Å². The summed E-state index contributed by atoms with van der Waals surface area (Å²) >= 11 is 0. The van der Waals surface area contributed by atoms with Crippen LogP contribution >= 0.6 is 0 Å². The standard InChI is InChI=1S/C15H21F3N2O/c1-4-20(10-14(2,3)9-19)13(21)11-6-5-7-12(8-11)15(16,17)18/h5-8H,4,9-10,19H2,1-3H3. The third-order valence-corrected chi connectivity index (χ3v) is 3.28. The minimum Gasteiger partial charge on any atom is -0.338 e. The zero-order valence-corrected chi connectivity index (χ0v) is 12.5. The van der Waals surface area contributed by atoms with Crippen LogP contribution in [0.15, 0.2) is 24.3 Å². The largest absolute Gasteiger partial charge is 0.416 e. The molecule has 3 nitrogen and oxygen atoms in total. The van der Waals surface area contributed by atoms with E-state index in [0.717, 1.165) is 12.1 Å². The summed E-state index contributed by atoms with van der Waals surface area (Å²) in [6.45, 7) is 6.81. The Morgan fingerprint density at radius 3 is 2.38 bits per heavy atom. The monoisotopic (exact) mass is 302 g/mol. The molecule has 1 aromatic carbocycles. The highest BCUT2D eigenvalue weighted by Gasteiger charge is 2.31. The van der Waals surface area contributed by atoms with Gasteiger partial charge in [-0.05, 0) is 37.1 Å². The van der Waals surface area contributed by atoms with Gasteiger partial charge in [-0.1, -0.05) is 19.9 Å². The fraction of sp³-hybridized carbons (Fsp3) is 0.533. The van der Waals surface area contributed by atoms with Crippen molar-refractivity contribution in [1.29, 1.82) is 0 Å². The van der Waals surface area contributed by atoms with Gasteiger partial charge in [0.1, 0.15) is 0 Å². The van der Waals surface area contributed by atoms with Crippen molar-refractivity contribution in [3.63, 3.8) is 0 Å². The summed E-state index contributed by atoms with van der Waals surface area (Å²) in [6, 6.07) is 4.49. The lowest BCUT2D eigenvalue weighted by atomic mass is 9.92. The van der Waals surface area contributed by atoms with Crippen LogP contribution in [0.2, 0.25) is 0 Å². The molecule has 0 heterocycles. The first-order valence-electron chi connectivity index (χ1n) is 6.77. The van der Waals surface area contributed by atoms with Gasteiger partial charge in [-0.2, -0.15) is 13.2 Å². The Balaban J connectivity index is 3.01. The minimum atomic E-state index is -4.45. The first-order valence-corrected chi connectivity index (χ1v) is 6.77. The van der Waals surface area contributed by atoms with E-state index in [9.17, 15) is 18.0 Å². The Kier molecular flexibility index (Phi) is 5.39. The second-order valence-electron chi connectivity index (χ2n) is 5.77. The highest BCUT2D eigenvalue weighted by molar-refractivity contribution is 5.94. The highest BCUT2D eigenvalue weighted by Crippen LogP contribution is 2.30. The topological polar surface area (TPSA) is 46.3 Å². The van der Waals surface area contributed by atoms with Crippen LogP contribution in [-0.2, 0) is 6.18 Å². The number of nitrogens with two attached hydrogens (primary N) is 1. The predicted molar refractivity (Wildman–Crippen MR) is 75.9 cm³/mol. The molecule has 1 rings (SSSR count). The fourth-order valence-corrected chi connectivity index (χ4v) is 1.92. The Hall–Kier alpha value is -1.56. The normalized spacial score (nSPS) is 12.3. The lowest BCUT2D eigenvalue weighted by Crippen LogP contribution is -2.42. The summed E-state index contributed by atoms with van der Waals surface area (Å²) in [5.41, 5.74) is 4.58. The number of alkyl halides is 3. The van der Waals surface area contributed by atoms with Gasteiger partial charge in [-0.3, -0.25) is 4.79 Å². The zero-order chi connectivity index (χ0) is 16.3. The number of hydrogen-bond donors (Lipinski definition) is 1. The van der Waals surface area contributed by atoms with E-state index >= 15 is 0 Å². The lowest BCUT2D eigenvalue weighted by molar-refractivity contribution is -0.137. The van der Waals surface area contributed by atoms with Crippen LogP contribution < -0.4 is 5.73 Å². The molecule has 0 aromatic heterocycles. The van der Waals surface area contributed by atoms with Gasteiger partial charge in [-0.15, -0.1) is 0 Å². The molecule has 0 bridgehead atoms. The van der Waals surface area contributed by atoms with Crippen LogP contribution in [0.5, 0.6) is 0 Å². The molecule has 0 fully saturated rings. The van der Waals surface area contributed by atoms with Crippen molar-refractivity contribution in [2.45, 2.75) is 26.9 Å². The van der Waals surface area contributed by atoms with Gasteiger partial charge in [0.15, 0.2) is 0 Å². The molecule has 0 aliphatic rings. The molecule has 0 unspecified atom stereocenters. The first-order chi connectivity index (χ1) is 9.60. The molecule has 1 amide bonds. The van der Waals surface area contributed by atoms with Gasteiger partial charge >= 0.3 is 6.18 Å². The SMILES string of the molecule is CCN(CC(C)(C)CN)C(=O)c1cccc(C(F)(F)F)c1. The smallest absolute Gasteiger partial charge is 0.338 e. The average Bonchev–Trinajstić information content (AvgIpc) is 2.43. The third-order valence-electron chi connectivity index (χ3n) is 3.28. The average molecular weight is 302 g/mol. The lowest BCUT2D eigenvalue weighted by Gasteiger charge is -2.31. The number of halogens is 3. The Morgan fingerprint density at radius 2 is 1.90 bits per heavy atom. The molecular weight excluding hydrogens is 281 g/mol. The van der Waals surface area contributed by atoms with E-state index in [-0.39, 0.29) is 11.0 Å². The van der Waals surface area contributed by atoms with Crippen molar-refractivity contribution in [1.82, 2.24) is 4.90 Å². The third kappa shape index (κ3) is 4.74. The number of carbonyl (C=O) groups excluding carboxylic acids is 1. The predicted octanol–water partition coefficient (Wildman–Crippen LogP) is 3.15. The maximum atomic E-state index is 12.7. The van der Waals surface area contributed by atoms with E-state index in [0.29, 0.717) is 19.6 Å². The molecule has 1 aromatic rings. The molecule has 6 heteroatoms. The molecule has 0 aliphatic heterocycles. The minimum absolute atomic E-state index is 0.0412. The van der Waals surface area contributed by atoms with Crippen molar-refractivity contribution in [2.75, 3.05) is 19.6 Å². The molecule has 0 saturated heterocycles. The summed E-state index contributed by atoms with van der Waals surface area (Å²) in [4.78, 5) is 13.9. The van der Waals surface area contributed by atoms with E-state index in [1.165, 1.54) is 17.0 Å².